The minimum Gasteiger partial charge on any atom is -0.491 e. The van der Waals surface area contributed by atoms with Gasteiger partial charge in [0.25, 0.3) is 0 Å². The van der Waals surface area contributed by atoms with E-state index in [-0.39, 0.29) is 24.6 Å². The molecule has 1 unspecified atom stereocenters. The van der Waals surface area contributed by atoms with Crippen molar-refractivity contribution < 1.29 is 19.4 Å². The van der Waals surface area contributed by atoms with Crippen LogP contribution in [0.5, 0.6) is 5.75 Å². The number of hydrogen-bond donors (Lipinski definition) is 3. The van der Waals surface area contributed by atoms with Crippen LogP contribution in [0.2, 0.25) is 0 Å². The van der Waals surface area contributed by atoms with Crippen LogP contribution in [0.1, 0.15) is 45.2 Å². The molecule has 6 nitrogen and oxygen atoms in total. The fourth-order valence-corrected chi connectivity index (χ4v) is 1.90. The van der Waals surface area contributed by atoms with E-state index in [1.54, 1.807) is 0 Å². The fourth-order valence-electron chi connectivity index (χ4n) is 1.90. The zero-order valence-electron chi connectivity index (χ0n) is 13.3. The summed E-state index contributed by atoms with van der Waals surface area (Å²) in [4.78, 5) is 22.1. The van der Waals surface area contributed by atoms with E-state index in [4.69, 9.17) is 9.84 Å². The van der Waals surface area contributed by atoms with Crippen LogP contribution in [0.3, 0.4) is 0 Å². The summed E-state index contributed by atoms with van der Waals surface area (Å²) < 4.78 is 5.63. The van der Waals surface area contributed by atoms with Crippen molar-refractivity contribution in [1.29, 1.82) is 0 Å². The van der Waals surface area contributed by atoms with Crippen molar-refractivity contribution in [3.63, 3.8) is 0 Å². The number of carbonyl (C=O) groups is 2. The van der Waals surface area contributed by atoms with Gasteiger partial charge in [0.1, 0.15) is 5.75 Å². The maximum atomic E-state index is 11.7. The molecule has 22 heavy (non-hydrogen) atoms. The molecule has 0 aromatic heterocycles. The number of carboxylic acid groups (broad SMARTS) is 1. The molecule has 0 heterocycles. The normalized spacial score (nSPS) is 11.8. The molecule has 3 N–H and O–H groups in total. The first-order valence-corrected chi connectivity index (χ1v) is 7.41. The first-order valence-electron chi connectivity index (χ1n) is 7.41. The van der Waals surface area contributed by atoms with Crippen LogP contribution in [0.4, 0.5) is 4.79 Å². The van der Waals surface area contributed by atoms with Gasteiger partial charge >= 0.3 is 12.0 Å². The first-order chi connectivity index (χ1) is 10.4. The van der Waals surface area contributed by atoms with Gasteiger partial charge in [-0.25, -0.2) is 4.79 Å². The van der Waals surface area contributed by atoms with Gasteiger partial charge in [0.15, 0.2) is 0 Å². The van der Waals surface area contributed by atoms with Gasteiger partial charge in [-0.15, -0.1) is 0 Å². The Morgan fingerprint density at radius 3 is 2.64 bits per heavy atom. The van der Waals surface area contributed by atoms with E-state index in [2.05, 4.69) is 10.6 Å². The molecule has 2 amide bonds. The number of benzene rings is 1. The fraction of sp³-hybridized carbons (Fsp3) is 0.500. The van der Waals surface area contributed by atoms with Crippen LogP contribution >= 0.6 is 0 Å². The van der Waals surface area contributed by atoms with E-state index < -0.39 is 5.97 Å². The van der Waals surface area contributed by atoms with Crippen LogP contribution in [-0.2, 0) is 4.79 Å². The van der Waals surface area contributed by atoms with Gasteiger partial charge in [-0.2, -0.15) is 0 Å². The molecule has 0 bridgehead atoms. The highest BCUT2D eigenvalue weighted by molar-refractivity contribution is 5.74. The van der Waals surface area contributed by atoms with Gasteiger partial charge in [-0.1, -0.05) is 12.1 Å². The van der Waals surface area contributed by atoms with E-state index in [0.717, 1.165) is 11.3 Å². The molecule has 122 valence electrons. The SMILES string of the molecule is CC(C)Oc1cccc(C(C)NC(=O)NCCCC(=O)O)c1. The quantitative estimate of drug-likeness (QED) is 0.644. The Balaban J connectivity index is 2.45. The lowest BCUT2D eigenvalue weighted by molar-refractivity contribution is -0.137. The highest BCUT2D eigenvalue weighted by atomic mass is 16.5. The van der Waals surface area contributed by atoms with E-state index in [9.17, 15) is 9.59 Å². The number of amides is 2. The van der Waals surface area contributed by atoms with Crippen molar-refractivity contribution in [2.75, 3.05) is 6.54 Å². The predicted octanol–water partition coefficient (Wildman–Crippen LogP) is 2.70. The van der Waals surface area contributed by atoms with Gasteiger partial charge in [0, 0.05) is 13.0 Å². The van der Waals surface area contributed by atoms with Crippen LogP contribution < -0.4 is 15.4 Å². The topological polar surface area (TPSA) is 87.7 Å². The Morgan fingerprint density at radius 1 is 1.27 bits per heavy atom. The Kier molecular flexibility index (Phi) is 7.22. The third kappa shape index (κ3) is 6.97. The molecule has 0 saturated carbocycles. The molecule has 0 aliphatic carbocycles. The number of hydrogen-bond acceptors (Lipinski definition) is 3. The maximum Gasteiger partial charge on any atom is 0.315 e. The highest BCUT2D eigenvalue weighted by Gasteiger charge is 2.10. The molecular formula is C16H24N2O4. The van der Waals surface area contributed by atoms with Crippen molar-refractivity contribution in [2.24, 2.45) is 0 Å². The monoisotopic (exact) mass is 308 g/mol. The third-order valence-electron chi connectivity index (χ3n) is 2.93. The zero-order chi connectivity index (χ0) is 16.5. The lowest BCUT2D eigenvalue weighted by atomic mass is 10.1. The average Bonchev–Trinajstić information content (AvgIpc) is 2.43. The number of urea groups is 1. The van der Waals surface area contributed by atoms with Gasteiger partial charge in [-0.3, -0.25) is 4.79 Å². The van der Waals surface area contributed by atoms with E-state index in [1.807, 2.05) is 45.0 Å². The second-order valence-corrected chi connectivity index (χ2v) is 5.36. The van der Waals surface area contributed by atoms with Gasteiger partial charge < -0.3 is 20.5 Å². The van der Waals surface area contributed by atoms with E-state index in [1.165, 1.54) is 0 Å². The Hall–Kier alpha value is -2.24. The summed E-state index contributed by atoms with van der Waals surface area (Å²) >= 11 is 0. The van der Waals surface area contributed by atoms with Gasteiger partial charge in [-0.05, 0) is 44.9 Å². The number of nitrogens with one attached hydrogen (secondary N) is 2. The summed E-state index contributed by atoms with van der Waals surface area (Å²) in [6.07, 6.45) is 0.551. The molecule has 1 rings (SSSR count). The van der Waals surface area contributed by atoms with Crippen LogP contribution in [-0.4, -0.2) is 29.8 Å². The van der Waals surface area contributed by atoms with Gasteiger partial charge in [0.2, 0.25) is 0 Å². The Bertz CT molecular complexity index is 503. The largest absolute Gasteiger partial charge is 0.491 e. The summed E-state index contributed by atoms with van der Waals surface area (Å²) in [5.41, 5.74) is 0.943. The number of carbonyl (C=O) groups excluding carboxylic acids is 1. The lowest BCUT2D eigenvalue weighted by Crippen LogP contribution is -2.37. The summed E-state index contributed by atoms with van der Waals surface area (Å²) in [6, 6.07) is 7.10. The lowest BCUT2D eigenvalue weighted by Gasteiger charge is -2.17. The average molecular weight is 308 g/mol. The first kappa shape index (κ1) is 17.8. The number of rotatable bonds is 8. The molecule has 0 saturated heterocycles. The molecule has 0 spiro atoms. The summed E-state index contributed by atoms with van der Waals surface area (Å²) in [7, 11) is 0. The van der Waals surface area contributed by atoms with Crippen molar-refractivity contribution >= 4 is 12.0 Å². The number of carboxylic acids is 1. The zero-order valence-corrected chi connectivity index (χ0v) is 13.3. The highest BCUT2D eigenvalue weighted by Crippen LogP contribution is 2.19. The summed E-state index contributed by atoms with van der Waals surface area (Å²) in [5, 5.41) is 14.0. The molecule has 0 aliphatic heterocycles. The molecule has 1 atom stereocenters. The summed E-state index contributed by atoms with van der Waals surface area (Å²) in [6.45, 7) is 6.13. The van der Waals surface area contributed by atoms with Crippen molar-refractivity contribution in [1.82, 2.24) is 10.6 Å². The van der Waals surface area contributed by atoms with E-state index in [0.29, 0.717) is 13.0 Å². The van der Waals surface area contributed by atoms with Crippen molar-refractivity contribution in [2.45, 2.75) is 45.8 Å². The molecule has 1 aromatic carbocycles. The van der Waals surface area contributed by atoms with Crippen molar-refractivity contribution in [3.05, 3.63) is 29.8 Å². The van der Waals surface area contributed by atoms with E-state index >= 15 is 0 Å². The molecule has 0 radical (unpaired) electrons. The summed E-state index contributed by atoms with van der Waals surface area (Å²) in [5.74, 6) is -0.0967. The third-order valence-corrected chi connectivity index (χ3v) is 2.93. The maximum absolute atomic E-state index is 11.7. The van der Waals surface area contributed by atoms with Crippen LogP contribution in [0.25, 0.3) is 0 Å². The Morgan fingerprint density at radius 2 is 2.00 bits per heavy atom. The van der Waals surface area contributed by atoms with Gasteiger partial charge in [0.05, 0.1) is 12.1 Å². The molecule has 0 aliphatic rings. The molecule has 1 aromatic rings. The number of ether oxygens (including phenoxy) is 1. The van der Waals surface area contributed by atoms with Crippen LogP contribution in [0.15, 0.2) is 24.3 Å². The molecular weight excluding hydrogens is 284 g/mol. The second-order valence-electron chi connectivity index (χ2n) is 5.36. The second kappa shape index (κ2) is 8.92. The smallest absolute Gasteiger partial charge is 0.315 e. The Labute approximate surface area is 130 Å². The minimum atomic E-state index is -0.863. The molecule has 0 fully saturated rings. The minimum absolute atomic E-state index is 0.0461. The molecule has 6 heteroatoms. The standard InChI is InChI=1S/C16H24N2O4/c1-11(2)22-14-7-4-6-13(10-14)12(3)18-16(21)17-9-5-8-15(19)20/h4,6-7,10-12H,5,8-9H2,1-3H3,(H,19,20)(H2,17,18,21). The van der Waals surface area contributed by atoms with Crippen molar-refractivity contribution in [3.8, 4) is 5.75 Å². The van der Waals surface area contributed by atoms with Crippen LogP contribution in [0, 0.1) is 0 Å². The predicted molar refractivity (Wildman–Crippen MR) is 84.0 cm³/mol. The number of aliphatic carboxylic acids is 1.